The Bertz CT molecular complexity index is 788. The van der Waals surface area contributed by atoms with E-state index in [0.717, 1.165) is 34.8 Å². The van der Waals surface area contributed by atoms with Crippen molar-refractivity contribution in [3.05, 3.63) is 24.3 Å². The minimum absolute atomic E-state index is 0.173. The standard InChI is InChI=1S/C18H22F3N5O/c19-18(20,21)12-26-9-6-15(16(26)27)24-7-3-8-25(11-10-24)17-22-13-4-1-2-5-14(13)23-17/h1-2,4-5,15H,3,6-12H2,(H,22,23). The highest BCUT2D eigenvalue weighted by Gasteiger charge is 2.41. The summed E-state index contributed by atoms with van der Waals surface area (Å²) in [5.41, 5.74) is 1.88. The number of imidazole rings is 1. The number of alkyl halides is 3. The molecule has 2 fully saturated rings. The van der Waals surface area contributed by atoms with E-state index >= 15 is 0 Å². The second kappa shape index (κ2) is 7.03. The molecule has 6 nitrogen and oxygen atoms in total. The van der Waals surface area contributed by atoms with Crippen molar-refractivity contribution >= 4 is 22.9 Å². The molecule has 1 N–H and O–H groups in total. The second-order valence-electron chi connectivity index (χ2n) is 7.13. The molecule has 2 aliphatic heterocycles. The Morgan fingerprint density at radius 1 is 1.11 bits per heavy atom. The van der Waals surface area contributed by atoms with Gasteiger partial charge in [0.15, 0.2) is 0 Å². The maximum absolute atomic E-state index is 12.6. The Morgan fingerprint density at radius 2 is 1.93 bits per heavy atom. The van der Waals surface area contributed by atoms with Crippen LogP contribution < -0.4 is 4.90 Å². The molecule has 9 heteroatoms. The molecule has 2 aromatic rings. The number of likely N-dealkylation sites (tertiary alicyclic amines) is 1. The highest BCUT2D eigenvalue weighted by Crippen LogP contribution is 2.25. The van der Waals surface area contributed by atoms with E-state index in [-0.39, 0.29) is 6.54 Å². The van der Waals surface area contributed by atoms with Gasteiger partial charge in [-0.1, -0.05) is 12.1 Å². The minimum atomic E-state index is -4.35. The van der Waals surface area contributed by atoms with Crippen molar-refractivity contribution in [2.24, 2.45) is 0 Å². The molecule has 1 unspecified atom stereocenters. The number of nitrogens with zero attached hydrogens (tertiary/aromatic N) is 4. The van der Waals surface area contributed by atoms with Crippen molar-refractivity contribution < 1.29 is 18.0 Å². The SMILES string of the molecule is O=C1C(N2CCCN(c3nc4ccccc4[nH]3)CC2)CCN1CC(F)(F)F. The zero-order valence-electron chi connectivity index (χ0n) is 14.9. The summed E-state index contributed by atoms with van der Waals surface area (Å²) in [4.78, 5) is 25.5. The number of anilines is 1. The molecule has 0 saturated carbocycles. The molecule has 146 valence electrons. The first-order valence-corrected chi connectivity index (χ1v) is 9.20. The van der Waals surface area contributed by atoms with E-state index < -0.39 is 24.7 Å². The first-order chi connectivity index (χ1) is 12.9. The summed E-state index contributed by atoms with van der Waals surface area (Å²) < 4.78 is 37.9. The fourth-order valence-electron chi connectivity index (χ4n) is 3.98. The van der Waals surface area contributed by atoms with Crippen molar-refractivity contribution in [3.63, 3.8) is 0 Å². The lowest BCUT2D eigenvalue weighted by atomic mass is 10.2. The number of amides is 1. The minimum Gasteiger partial charge on any atom is -0.341 e. The Kier molecular flexibility index (Phi) is 4.71. The molecule has 0 radical (unpaired) electrons. The highest BCUT2D eigenvalue weighted by atomic mass is 19.4. The predicted octanol–water partition coefficient (Wildman–Crippen LogP) is 2.24. The quantitative estimate of drug-likeness (QED) is 0.886. The van der Waals surface area contributed by atoms with Gasteiger partial charge < -0.3 is 14.8 Å². The predicted molar refractivity (Wildman–Crippen MR) is 95.5 cm³/mol. The van der Waals surface area contributed by atoms with Gasteiger partial charge in [0.1, 0.15) is 6.54 Å². The molecule has 1 atom stereocenters. The van der Waals surface area contributed by atoms with Gasteiger partial charge in [-0.05, 0) is 25.0 Å². The zero-order chi connectivity index (χ0) is 19.0. The average Bonchev–Trinajstić information content (AvgIpc) is 3.10. The number of hydrogen-bond donors (Lipinski definition) is 1. The van der Waals surface area contributed by atoms with Gasteiger partial charge in [-0.25, -0.2) is 4.98 Å². The molecule has 3 heterocycles. The smallest absolute Gasteiger partial charge is 0.341 e. The van der Waals surface area contributed by atoms with Crippen LogP contribution in [0.5, 0.6) is 0 Å². The summed E-state index contributed by atoms with van der Waals surface area (Å²) in [6.07, 6.45) is -3.05. The normalized spacial score (nSPS) is 22.6. The first kappa shape index (κ1) is 18.1. The monoisotopic (exact) mass is 381 g/mol. The molecular formula is C18H22F3N5O. The molecule has 1 amide bonds. The van der Waals surface area contributed by atoms with Crippen molar-refractivity contribution in [1.82, 2.24) is 19.8 Å². The number of aromatic amines is 1. The number of halogens is 3. The fourth-order valence-corrected chi connectivity index (χ4v) is 3.98. The largest absolute Gasteiger partial charge is 0.406 e. The van der Waals surface area contributed by atoms with Gasteiger partial charge in [0.2, 0.25) is 11.9 Å². The van der Waals surface area contributed by atoms with Crippen molar-refractivity contribution in [2.75, 3.05) is 44.2 Å². The first-order valence-electron chi connectivity index (χ1n) is 9.20. The number of carbonyl (C=O) groups is 1. The number of benzene rings is 1. The third-order valence-electron chi connectivity index (χ3n) is 5.29. The maximum atomic E-state index is 12.6. The van der Waals surface area contributed by atoms with Crippen molar-refractivity contribution in [2.45, 2.75) is 25.1 Å². The number of aromatic nitrogens is 2. The van der Waals surface area contributed by atoms with Gasteiger partial charge in [-0.3, -0.25) is 9.69 Å². The Hall–Kier alpha value is -2.29. The third kappa shape index (κ3) is 3.87. The van der Waals surface area contributed by atoms with Gasteiger partial charge in [-0.2, -0.15) is 13.2 Å². The van der Waals surface area contributed by atoms with Crippen LogP contribution in [0.15, 0.2) is 24.3 Å². The maximum Gasteiger partial charge on any atom is 0.406 e. The number of para-hydroxylation sites is 2. The van der Waals surface area contributed by atoms with Gasteiger partial charge in [0, 0.05) is 32.7 Å². The van der Waals surface area contributed by atoms with Crippen LogP contribution in [-0.2, 0) is 4.79 Å². The van der Waals surface area contributed by atoms with E-state index in [1.807, 2.05) is 29.2 Å². The summed E-state index contributed by atoms with van der Waals surface area (Å²) in [6.45, 7) is 1.83. The number of fused-ring (bicyclic) bond motifs is 1. The van der Waals surface area contributed by atoms with E-state index in [1.54, 1.807) is 0 Å². The number of H-pyrrole nitrogens is 1. The molecule has 27 heavy (non-hydrogen) atoms. The third-order valence-corrected chi connectivity index (χ3v) is 5.29. The lowest BCUT2D eigenvalue weighted by Gasteiger charge is -2.26. The Morgan fingerprint density at radius 3 is 2.70 bits per heavy atom. The fraction of sp³-hybridized carbons (Fsp3) is 0.556. The topological polar surface area (TPSA) is 55.5 Å². The molecule has 0 spiro atoms. The lowest BCUT2D eigenvalue weighted by molar-refractivity contribution is -0.159. The molecule has 2 aliphatic rings. The lowest BCUT2D eigenvalue weighted by Crippen LogP contribution is -2.45. The van der Waals surface area contributed by atoms with E-state index in [4.69, 9.17) is 0 Å². The number of carbonyl (C=O) groups excluding carboxylic acids is 1. The Balaban J connectivity index is 1.41. The molecule has 1 aromatic carbocycles. The van der Waals surface area contributed by atoms with E-state index in [1.165, 1.54) is 0 Å². The zero-order valence-corrected chi connectivity index (χ0v) is 14.9. The Labute approximate surface area is 154 Å². The van der Waals surface area contributed by atoms with Gasteiger partial charge in [-0.15, -0.1) is 0 Å². The van der Waals surface area contributed by atoms with E-state index in [2.05, 4.69) is 14.9 Å². The van der Waals surface area contributed by atoms with Crippen molar-refractivity contribution in [3.8, 4) is 0 Å². The van der Waals surface area contributed by atoms with Crippen LogP contribution in [0, 0.1) is 0 Å². The average molecular weight is 381 g/mol. The second-order valence-corrected chi connectivity index (χ2v) is 7.13. The van der Waals surface area contributed by atoms with Crippen LogP contribution in [0.2, 0.25) is 0 Å². The van der Waals surface area contributed by atoms with Crippen molar-refractivity contribution in [1.29, 1.82) is 0 Å². The van der Waals surface area contributed by atoms with E-state index in [0.29, 0.717) is 26.1 Å². The molecule has 1 aromatic heterocycles. The van der Waals surface area contributed by atoms with Crippen LogP contribution in [0.3, 0.4) is 0 Å². The molecule has 0 bridgehead atoms. The van der Waals surface area contributed by atoms with Crippen LogP contribution in [0.25, 0.3) is 11.0 Å². The van der Waals surface area contributed by atoms with Crippen LogP contribution in [-0.4, -0.2) is 77.2 Å². The molecule has 4 rings (SSSR count). The van der Waals surface area contributed by atoms with Gasteiger partial charge in [0.25, 0.3) is 0 Å². The number of nitrogens with one attached hydrogen (secondary N) is 1. The summed E-state index contributed by atoms with van der Waals surface area (Å²) in [5.74, 6) is 0.402. The highest BCUT2D eigenvalue weighted by molar-refractivity contribution is 5.84. The summed E-state index contributed by atoms with van der Waals surface area (Å²) in [5, 5.41) is 0. The van der Waals surface area contributed by atoms with Crippen LogP contribution in [0.4, 0.5) is 19.1 Å². The van der Waals surface area contributed by atoms with Gasteiger partial charge in [0.05, 0.1) is 17.1 Å². The van der Waals surface area contributed by atoms with Gasteiger partial charge >= 0.3 is 6.18 Å². The summed E-state index contributed by atoms with van der Waals surface area (Å²) in [7, 11) is 0. The van der Waals surface area contributed by atoms with Crippen LogP contribution in [0.1, 0.15) is 12.8 Å². The molecular weight excluding hydrogens is 359 g/mol. The molecule has 2 saturated heterocycles. The summed E-state index contributed by atoms with van der Waals surface area (Å²) in [6, 6.07) is 7.37. The van der Waals surface area contributed by atoms with Crippen LogP contribution >= 0.6 is 0 Å². The summed E-state index contributed by atoms with van der Waals surface area (Å²) >= 11 is 0. The molecule has 0 aliphatic carbocycles. The number of hydrogen-bond acceptors (Lipinski definition) is 4. The number of rotatable bonds is 3. The van der Waals surface area contributed by atoms with E-state index in [9.17, 15) is 18.0 Å².